The lowest BCUT2D eigenvalue weighted by atomic mass is 10.1. The molecule has 1 aliphatic heterocycles. The summed E-state index contributed by atoms with van der Waals surface area (Å²) in [4.78, 5) is 14.6. The summed E-state index contributed by atoms with van der Waals surface area (Å²) in [5.41, 5.74) is 2.32. The Morgan fingerprint density at radius 1 is 1.03 bits per heavy atom. The standard InChI is InChI=1S/C25H24ClFN2O2/c26-23-16-21(28-25(30)19-4-2-1-3-5-19)10-11-24(23)31-22-12-14-29(15-13-22)17-18-6-8-20(27)9-7-18/h1-11,16,22H,12-15,17H2,(H,28,30). The number of hydrogen-bond donors (Lipinski definition) is 1. The second-order valence-electron chi connectivity index (χ2n) is 7.69. The molecule has 0 bridgehead atoms. The fourth-order valence-electron chi connectivity index (χ4n) is 3.68. The highest BCUT2D eigenvalue weighted by Crippen LogP contribution is 2.30. The molecule has 6 heteroatoms. The highest BCUT2D eigenvalue weighted by Gasteiger charge is 2.21. The van der Waals surface area contributed by atoms with E-state index in [0.29, 0.717) is 22.0 Å². The van der Waals surface area contributed by atoms with Crippen molar-refractivity contribution in [3.05, 3.63) is 94.8 Å². The fourth-order valence-corrected chi connectivity index (χ4v) is 3.90. The number of ether oxygens (including phenoxy) is 1. The molecule has 0 radical (unpaired) electrons. The van der Waals surface area contributed by atoms with Gasteiger partial charge in [-0.1, -0.05) is 41.9 Å². The number of amides is 1. The van der Waals surface area contributed by atoms with E-state index in [1.807, 2.05) is 30.3 Å². The summed E-state index contributed by atoms with van der Waals surface area (Å²) in [7, 11) is 0. The Hall–Kier alpha value is -2.89. The van der Waals surface area contributed by atoms with E-state index >= 15 is 0 Å². The molecule has 1 amide bonds. The molecule has 0 unspecified atom stereocenters. The van der Waals surface area contributed by atoms with Crippen molar-refractivity contribution in [3.63, 3.8) is 0 Å². The number of rotatable bonds is 6. The van der Waals surface area contributed by atoms with Crippen molar-refractivity contribution in [2.45, 2.75) is 25.5 Å². The van der Waals surface area contributed by atoms with Crippen LogP contribution in [0.25, 0.3) is 0 Å². The monoisotopic (exact) mass is 438 g/mol. The Bertz CT molecular complexity index is 1020. The summed E-state index contributed by atoms with van der Waals surface area (Å²) < 4.78 is 19.2. The maximum Gasteiger partial charge on any atom is 0.255 e. The number of likely N-dealkylation sites (tertiary alicyclic amines) is 1. The highest BCUT2D eigenvalue weighted by atomic mass is 35.5. The van der Waals surface area contributed by atoms with Crippen LogP contribution in [-0.2, 0) is 6.54 Å². The fraction of sp³-hybridized carbons (Fsp3) is 0.240. The molecule has 0 saturated carbocycles. The molecule has 1 fully saturated rings. The smallest absolute Gasteiger partial charge is 0.255 e. The molecule has 3 aromatic rings. The van der Waals surface area contributed by atoms with Gasteiger partial charge in [-0.2, -0.15) is 0 Å². The van der Waals surface area contributed by atoms with E-state index in [1.165, 1.54) is 12.1 Å². The Morgan fingerprint density at radius 2 is 1.74 bits per heavy atom. The van der Waals surface area contributed by atoms with Crippen molar-refractivity contribution in [2.24, 2.45) is 0 Å². The van der Waals surface area contributed by atoms with Gasteiger partial charge in [0.1, 0.15) is 17.7 Å². The first-order valence-corrected chi connectivity index (χ1v) is 10.7. The molecule has 4 nitrogen and oxygen atoms in total. The van der Waals surface area contributed by atoms with Crippen molar-refractivity contribution >= 4 is 23.2 Å². The summed E-state index contributed by atoms with van der Waals surface area (Å²) in [6.07, 6.45) is 1.88. The minimum absolute atomic E-state index is 0.0896. The summed E-state index contributed by atoms with van der Waals surface area (Å²) in [5.74, 6) is 0.230. The van der Waals surface area contributed by atoms with Gasteiger partial charge in [0.2, 0.25) is 0 Å². The lowest BCUT2D eigenvalue weighted by Crippen LogP contribution is -2.37. The molecular weight excluding hydrogens is 415 g/mol. The first-order valence-electron chi connectivity index (χ1n) is 10.4. The maximum atomic E-state index is 13.1. The minimum Gasteiger partial charge on any atom is -0.489 e. The van der Waals surface area contributed by atoms with E-state index < -0.39 is 0 Å². The molecule has 160 valence electrons. The molecule has 0 atom stereocenters. The van der Waals surface area contributed by atoms with Gasteiger partial charge in [0.25, 0.3) is 5.91 Å². The van der Waals surface area contributed by atoms with Crippen LogP contribution in [0.2, 0.25) is 5.02 Å². The van der Waals surface area contributed by atoms with E-state index in [9.17, 15) is 9.18 Å². The quantitative estimate of drug-likeness (QED) is 0.530. The second kappa shape index (κ2) is 9.94. The first kappa shape index (κ1) is 21.3. The van der Waals surface area contributed by atoms with E-state index in [-0.39, 0.29) is 17.8 Å². The summed E-state index contributed by atoms with van der Waals surface area (Å²) in [6, 6.07) is 21.0. The maximum absolute atomic E-state index is 13.1. The zero-order chi connectivity index (χ0) is 21.6. The molecule has 1 saturated heterocycles. The van der Waals surface area contributed by atoms with Crippen LogP contribution in [0.4, 0.5) is 10.1 Å². The minimum atomic E-state index is -0.210. The van der Waals surface area contributed by atoms with Crippen LogP contribution in [0.5, 0.6) is 5.75 Å². The number of halogens is 2. The molecule has 1 heterocycles. The summed E-state index contributed by atoms with van der Waals surface area (Å²) in [5, 5.41) is 3.33. The number of piperidine rings is 1. The zero-order valence-corrected chi connectivity index (χ0v) is 17.8. The molecule has 1 aliphatic rings. The van der Waals surface area contributed by atoms with Crippen LogP contribution in [0.1, 0.15) is 28.8 Å². The second-order valence-corrected chi connectivity index (χ2v) is 8.09. The number of nitrogens with zero attached hydrogens (tertiary/aromatic N) is 1. The molecule has 0 aromatic heterocycles. The van der Waals surface area contributed by atoms with Gasteiger partial charge in [-0.3, -0.25) is 9.69 Å². The van der Waals surface area contributed by atoms with Gasteiger partial charge >= 0.3 is 0 Å². The molecule has 4 rings (SSSR count). The molecule has 3 aromatic carbocycles. The van der Waals surface area contributed by atoms with Crippen molar-refractivity contribution in [2.75, 3.05) is 18.4 Å². The molecule has 0 spiro atoms. The van der Waals surface area contributed by atoms with Crippen molar-refractivity contribution in [3.8, 4) is 5.75 Å². The Labute approximate surface area is 186 Å². The van der Waals surface area contributed by atoms with Crippen LogP contribution in [0.3, 0.4) is 0 Å². The van der Waals surface area contributed by atoms with Gasteiger partial charge < -0.3 is 10.1 Å². The average molecular weight is 439 g/mol. The van der Waals surface area contributed by atoms with Crippen LogP contribution in [0, 0.1) is 5.82 Å². The SMILES string of the molecule is O=C(Nc1ccc(OC2CCN(Cc3ccc(F)cc3)CC2)c(Cl)c1)c1ccccc1. The van der Waals surface area contributed by atoms with Crippen LogP contribution in [-0.4, -0.2) is 30.0 Å². The van der Waals surface area contributed by atoms with E-state index in [2.05, 4.69) is 10.2 Å². The highest BCUT2D eigenvalue weighted by molar-refractivity contribution is 6.32. The average Bonchev–Trinajstić information content (AvgIpc) is 2.79. The van der Waals surface area contributed by atoms with Crippen LogP contribution >= 0.6 is 11.6 Å². The van der Waals surface area contributed by atoms with Crippen LogP contribution in [0.15, 0.2) is 72.8 Å². The third-order valence-corrected chi connectivity index (χ3v) is 5.67. The van der Waals surface area contributed by atoms with Crippen molar-refractivity contribution in [1.82, 2.24) is 4.90 Å². The lowest BCUT2D eigenvalue weighted by molar-refractivity contribution is 0.0968. The predicted octanol–water partition coefficient (Wildman–Crippen LogP) is 5.77. The van der Waals surface area contributed by atoms with E-state index in [1.54, 1.807) is 30.3 Å². The molecule has 31 heavy (non-hydrogen) atoms. The number of benzene rings is 3. The van der Waals surface area contributed by atoms with Gasteiger partial charge in [-0.05, 0) is 60.9 Å². The van der Waals surface area contributed by atoms with Crippen molar-refractivity contribution < 1.29 is 13.9 Å². The summed E-state index contributed by atoms with van der Waals surface area (Å²) in [6.45, 7) is 2.62. The Morgan fingerprint density at radius 3 is 2.42 bits per heavy atom. The third kappa shape index (κ3) is 5.84. The topological polar surface area (TPSA) is 41.6 Å². The number of nitrogens with one attached hydrogen (secondary N) is 1. The van der Waals surface area contributed by atoms with Gasteiger partial charge in [0.05, 0.1) is 5.02 Å². The van der Waals surface area contributed by atoms with Crippen molar-refractivity contribution in [1.29, 1.82) is 0 Å². The third-order valence-electron chi connectivity index (χ3n) is 5.37. The van der Waals surface area contributed by atoms with E-state index in [4.69, 9.17) is 16.3 Å². The predicted molar refractivity (Wildman–Crippen MR) is 121 cm³/mol. The Kier molecular flexibility index (Phi) is 6.85. The van der Waals surface area contributed by atoms with Crippen LogP contribution < -0.4 is 10.1 Å². The largest absolute Gasteiger partial charge is 0.489 e. The first-order chi connectivity index (χ1) is 15.1. The normalized spacial score (nSPS) is 14.9. The molecule has 0 aliphatic carbocycles. The van der Waals surface area contributed by atoms with Gasteiger partial charge in [-0.25, -0.2) is 4.39 Å². The lowest BCUT2D eigenvalue weighted by Gasteiger charge is -2.32. The van der Waals surface area contributed by atoms with Gasteiger partial charge in [0.15, 0.2) is 0 Å². The van der Waals surface area contributed by atoms with Gasteiger partial charge in [0, 0.05) is 30.9 Å². The number of carbonyl (C=O) groups excluding carboxylic acids is 1. The number of hydrogen-bond acceptors (Lipinski definition) is 3. The number of carbonyl (C=O) groups is 1. The molecule has 1 N–H and O–H groups in total. The van der Waals surface area contributed by atoms with Gasteiger partial charge in [-0.15, -0.1) is 0 Å². The number of anilines is 1. The Balaban J connectivity index is 1.29. The summed E-state index contributed by atoms with van der Waals surface area (Å²) >= 11 is 6.41. The zero-order valence-electron chi connectivity index (χ0n) is 17.1. The van der Waals surface area contributed by atoms with E-state index in [0.717, 1.165) is 38.0 Å². The molecular formula is C25H24ClFN2O2.